The number of benzene rings is 2. The summed E-state index contributed by atoms with van der Waals surface area (Å²) in [6.45, 7) is 6.43. The van der Waals surface area contributed by atoms with Crippen LogP contribution >= 0.6 is 0 Å². The first-order valence-electron chi connectivity index (χ1n) is 8.00. The Morgan fingerprint density at radius 2 is 1.84 bits per heavy atom. The number of carbonyl (C=O) groups excluding carboxylic acids is 1. The number of ether oxygens (including phenoxy) is 1. The minimum Gasteiger partial charge on any atom is -0.402 e. The van der Waals surface area contributed by atoms with Gasteiger partial charge in [0.1, 0.15) is 0 Å². The van der Waals surface area contributed by atoms with E-state index in [-0.39, 0.29) is 11.1 Å². The zero-order valence-corrected chi connectivity index (χ0v) is 14.4. The van der Waals surface area contributed by atoms with Crippen LogP contribution in [-0.4, -0.2) is 11.9 Å². The summed E-state index contributed by atoms with van der Waals surface area (Å²) in [5.41, 5.74) is 3.51. The van der Waals surface area contributed by atoms with Crippen molar-refractivity contribution < 1.29 is 9.53 Å². The van der Waals surface area contributed by atoms with E-state index in [1.165, 1.54) is 5.56 Å². The molecule has 1 aliphatic rings. The van der Waals surface area contributed by atoms with Crippen LogP contribution in [0.5, 0.6) is 0 Å². The third-order valence-corrected chi connectivity index (χ3v) is 3.94. The van der Waals surface area contributed by atoms with E-state index in [1.807, 2.05) is 30.3 Å². The van der Waals surface area contributed by atoms with E-state index in [1.54, 1.807) is 24.3 Å². The van der Waals surface area contributed by atoms with Crippen LogP contribution in [0.4, 0.5) is 0 Å². The van der Waals surface area contributed by atoms with Crippen molar-refractivity contribution in [3.8, 4) is 6.07 Å². The number of cyclic esters (lactones) is 1. The summed E-state index contributed by atoms with van der Waals surface area (Å²) in [7, 11) is 0. The van der Waals surface area contributed by atoms with Gasteiger partial charge in [0.05, 0.1) is 11.6 Å². The molecule has 0 aliphatic carbocycles. The van der Waals surface area contributed by atoms with Crippen LogP contribution < -0.4 is 0 Å². The maximum absolute atomic E-state index is 12.1. The fourth-order valence-corrected chi connectivity index (χ4v) is 2.50. The first-order valence-corrected chi connectivity index (χ1v) is 8.00. The molecule has 0 atom stereocenters. The van der Waals surface area contributed by atoms with Crippen LogP contribution in [0.15, 0.2) is 59.2 Å². The number of hydrogen-bond donors (Lipinski definition) is 0. The second-order valence-corrected chi connectivity index (χ2v) is 6.90. The lowest BCUT2D eigenvalue weighted by atomic mass is 9.87. The molecule has 4 nitrogen and oxygen atoms in total. The topological polar surface area (TPSA) is 62.5 Å². The Balaban J connectivity index is 1.90. The molecule has 2 aromatic rings. The lowest BCUT2D eigenvalue weighted by Gasteiger charge is -2.18. The summed E-state index contributed by atoms with van der Waals surface area (Å²) in [6.07, 6.45) is 1.62. The van der Waals surface area contributed by atoms with Crippen molar-refractivity contribution in [1.29, 1.82) is 5.26 Å². The zero-order chi connectivity index (χ0) is 18.0. The molecule has 0 bridgehead atoms. The van der Waals surface area contributed by atoms with Crippen molar-refractivity contribution in [1.82, 2.24) is 0 Å². The standard InChI is InChI=1S/C21H18N2O2/c1-21(2,3)17-9-7-16(8-10-17)19-23-18(20(24)25-19)12-14-5-4-6-15(11-14)13-22/h4-12H,1-3H3/b18-12-. The molecule has 124 valence electrons. The van der Waals surface area contributed by atoms with Gasteiger partial charge in [0.2, 0.25) is 5.90 Å². The number of carbonyl (C=O) groups is 1. The van der Waals surface area contributed by atoms with Gasteiger partial charge in [-0.1, -0.05) is 45.0 Å². The average molecular weight is 330 g/mol. The van der Waals surface area contributed by atoms with E-state index in [9.17, 15) is 4.79 Å². The second-order valence-electron chi connectivity index (χ2n) is 6.90. The quantitative estimate of drug-likeness (QED) is 0.612. The number of hydrogen-bond acceptors (Lipinski definition) is 4. The summed E-state index contributed by atoms with van der Waals surface area (Å²) >= 11 is 0. The lowest BCUT2D eigenvalue weighted by molar-refractivity contribution is -0.129. The van der Waals surface area contributed by atoms with Crippen molar-refractivity contribution in [3.05, 3.63) is 76.5 Å². The number of esters is 1. The molecule has 25 heavy (non-hydrogen) atoms. The van der Waals surface area contributed by atoms with E-state index < -0.39 is 5.97 Å². The highest BCUT2D eigenvalue weighted by Gasteiger charge is 2.24. The SMILES string of the molecule is CC(C)(C)c1ccc(C2=N/C(=C\c3cccc(C#N)c3)C(=O)O2)cc1. The predicted octanol–water partition coefficient (Wildman–Crippen LogP) is 4.20. The first kappa shape index (κ1) is 16.7. The monoisotopic (exact) mass is 330 g/mol. The third-order valence-electron chi connectivity index (χ3n) is 3.94. The van der Waals surface area contributed by atoms with E-state index in [0.717, 1.165) is 11.1 Å². The van der Waals surface area contributed by atoms with Gasteiger partial charge in [-0.2, -0.15) is 5.26 Å². The molecule has 4 heteroatoms. The van der Waals surface area contributed by atoms with Gasteiger partial charge < -0.3 is 4.74 Å². The summed E-state index contributed by atoms with van der Waals surface area (Å²) in [6, 6.07) is 16.9. The van der Waals surface area contributed by atoms with Gasteiger partial charge in [-0.25, -0.2) is 9.79 Å². The highest BCUT2D eigenvalue weighted by Crippen LogP contribution is 2.24. The molecule has 0 saturated heterocycles. The van der Waals surface area contributed by atoms with Crippen LogP contribution in [-0.2, 0) is 14.9 Å². The Morgan fingerprint density at radius 3 is 2.48 bits per heavy atom. The summed E-state index contributed by atoms with van der Waals surface area (Å²) in [5, 5.41) is 8.96. The predicted molar refractivity (Wildman–Crippen MR) is 96.9 cm³/mol. The van der Waals surface area contributed by atoms with Gasteiger partial charge in [0.25, 0.3) is 0 Å². The molecule has 0 fully saturated rings. The lowest BCUT2D eigenvalue weighted by Crippen LogP contribution is -2.11. The van der Waals surface area contributed by atoms with Gasteiger partial charge in [0, 0.05) is 5.56 Å². The van der Waals surface area contributed by atoms with E-state index in [4.69, 9.17) is 10.00 Å². The molecule has 1 heterocycles. The van der Waals surface area contributed by atoms with Crippen LogP contribution in [0.1, 0.15) is 43.0 Å². The molecule has 0 amide bonds. The average Bonchev–Trinajstić information content (AvgIpc) is 2.95. The second kappa shape index (κ2) is 6.37. The smallest absolute Gasteiger partial charge is 0.363 e. The molecule has 0 spiro atoms. The van der Waals surface area contributed by atoms with Crippen molar-refractivity contribution in [3.63, 3.8) is 0 Å². The fraction of sp³-hybridized carbons (Fsp3) is 0.190. The van der Waals surface area contributed by atoms with Crippen molar-refractivity contribution in [2.24, 2.45) is 4.99 Å². The molecular formula is C21H18N2O2. The normalized spacial score (nSPS) is 15.7. The zero-order valence-electron chi connectivity index (χ0n) is 14.4. The maximum atomic E-state index is 12.1. The summed E-state index contributed by atoms with van der Waals surface area (Å²) < 4.78 is 5.29. The molecule has 0 aromatic heterocycles. The van der Waals surface area contributed by atoms with Crippen LogP contribution in [0, 0.1) is 11.3 Å². The highest BCUT2D eigenvalue weighted by molar-refractivity contribution is 6.12. The fourth-order valence-electron chi connectivity index (χ4n) is 2.50. The molecule has 1 aliphatic heterocycles. The Bertz CT molecular complexity index is 924. The van der Waals surface area contributed by atoms with Crippen molar-refractivity contribution in [2.45, 2.75) is 26.2 Å². The third kappa shape index (κ3) is 3.67. The Kier molecular flexibility index (Phi) is 4.24. The molecule has 0 radical (unpaired) electrons. The number of rotatable bonds is 2. The molecule has 0 saturated carbocycles. The van der Waals surface area contributed by atoms with E-state index in [2.05, 4.69) is 31.8 Å². The number of nitrogens with zero attached hydrogens (tertiary/aromatic N) is 2. The molecular weight excluding hydrogens is 312 g/mol. The summed E-state index contributed by atoms with van der Waals surface area (Å²) in [5.74, 6) is -0.189. The first-order chi connectivity index (χ1) is 11.9. The van der Waals surface area contributed by atoms with E-state index >= 15 is 0 Å². The molecule has 2 aromatic carbocycles. The van der Waals surface area contributed by atoms with Gasteiger partial charge in [0.15, 0.2) is 5.70 Å². The van der Waals surface area contributed by atoms with Gasteiger partial charge in [-0.3, -0.25) is 0 Å². The summed E-state index contributed by atoms with van der Waals surface area (Å²) in [4.78, 5) is 16.4. The minimum atomic E-state index is -0.489. The number of nitriles is 1. The molecule has 3 rings (SSSR count). The largest absolute Gasteiger partial charge is 0.402 e. The number of aliphatic imine (C=N–C) groups is 1. The van der Waals surface area contributed by atoms with Crippen molar-refractivity contribution >= 4 is 17.9 Å². The van der Waals surface area contributed by atoms with E-state index in [0.29, 0.717) is 11.5 Å². The van der Waals surface area contributed by atoms with Gasteiger partial charge in [-0.15, -0.1) is 0 Å². The maximum Gasteiger partial charge on any atom is 0.363 e. The highest BCUT2D eigenvalue weighted by atomic mass is 16.6. The Hall–Kier alpha value is -3.19. The molecule has 0 unspecified atom stereocenters. The Labute approximate surface area is 147 Å². The minimum absolute atomic E-state index is 0.0590. The van der Waals surface area contributed by atoms with Crippen LogP contribution in [0.25, 0.3) is 6.08 Å². The molecule has 0 N–H and O–H groups in total. The van der Waals surface area contributed by atoms with Gasteiger partial charge >= 0.3 is 5.97 Å². The van der Waals surface area contributed by atoms with Crippen molar-refractivity contribution in [2.75, 3.05) is 0 Å². The van der Waals surface area contributed by atoms with Crippen LogP contribution in [0.2, 0.25) is 0 Å². The van der Waals surface area contributed by atoms with Gasteiger partial charge in [-0.05, 0) is 46.9 Å². The Morgan fingerprint density at radius 1 is 1.12 bits per heavy atom. The van der Waals surface area contributed by atoms with Crippen LogP contribution in [0.3, 0.4) is 0 Å².